The first-order chi connectivity index (χ1) is 6.00. The molecule has 0 heterocycles. The molecule has 0 spiro atoms. The summed E-state index contributed by atoms with van der Waals surface area (Å²) in [5.74, 6) is 0.820. The van der Waals surface area contributed by atoms with E-state index in [4.69, 9.17) is 10.5 Å². The topological polar surface area (TPSA) is 35.2 Å². The molecule has 72 valence electrons. The average molecular weight is 179 g/mol. The van der Waals surface area contributed by atoms with Crippen LogP contribution in [-0.2, 0) is 0 Å². The second kappa shape index (κ2) is 3.69. The summed E-state index contributed by atoms with van der Waals surface area (Å²) in [7, 11) is 0. The lowest BCUT2D eigenvalue weighted by Gasteiger charge is -2.15. The van der Waals surface area contributed by atoms with Crippen LogP contribution in [0.4, 0.5) is 5.69 Å². The molecule has 1 aromatic rings. The molecule has 0 saturated carbocycles. The van der Waals surface area contributed by atoms with E-state index in [0.717, 1.165) is 17.0 Å². The molecule has 1 aromatic carbocycles. The van der Waals surface area contributed by atoms with Crippen molar-refractivity contribution in [3.05, 3.63) is 23.3 Å². The molecule has 13 heavy (non-hydrogen) atoms. The number of nitrogen functional groups attached to an aromatic ring is 1. The van der Waals surface area contributed by atoms with E-state index >= 15 is 0 Å². The summed E-state index contributed by atoms with van der Waals surface area (Å²) >= 11 is 0. The van der Waals surface area contributed by atoms with Gasteiger partial charge < -0.3 is 10.5 Å². The Bertz CT molecular complexity index is 282. The number of rotatable bonds is 2. The minimum absolute atomic E-state index is 0.170. The van der Waals surface area contributed by atoms with Crippen molar-refractivity contribution in [1.29, 1.82) is 0 Å². The minimum Gasteiger partial charge on any atom is -0.489 e. The normalized spacial score (nSPS) is 10.5. The lowest BCUT2D eigenvalue weighted by atomic mass is 10.1. The van der Waals surface area contributed by atoms with E-state index in [2.05, 4.69) is 6.07 Å². The third-order valence-electron chi connectivity index (χ3n) is 1.80. The largest absolute Gasteiger partial charge is 0.489 e. The van der Waals surface area contributed by atoms with Crippen LogP contribution in [0.2, 0.25) is 0 Å². The Labute approximate surface area is 79.7 Å². The molecule has 0 aliphatic rings. The SMILES string of the molecule is Cc1cc(C)c(OC(C)C)c(N)c1. The highest BCUT2D eigenvalue weighted by Crippen LogP contribution is 2.28. The Hall–Kier alpha value is -1.18. The van der Waals surface area contributed by atoms with Crippen LogP contribution >= 0.6 is 0 Å². The Morgan fingerprint density at radius 1 is 1.23 bits per heavy atom. The van der Waals surface area contributed by atoms with Crippen molar-refractivity contribution < 1.29 is 4.74 Å². The van der Waals surface area contributed by atoms with Gasteiger partial charge in [0, 0.05) is 0 Å². The van der Waals surface area contributed by atoms with E-state index < -0.39 is 0 Å². The Balaban J connectivity index is 3.06. The first kappa shape index (κ1) is 9.90. The number of nitrogens with two attached hydrogens (primary N) is 1. The van der Waals surface area contributed by atoms with Gasteiger partial charge in [-0.15, -0.1) is 0 Å². The van der Waals surface area contributed by atoms with Crippen LogP contribution < -0.4 is 10.5 Å². The van der Waals surface area contributed by atoms with E-state index in [1.807, 2.05) is 33.8 Å². The molecule has 0 aliphatic heterocycles. The maximum Gasteiger partial charge on any atom is 0.145 e. The molecule has 0 radical (unpaired) electrons. The zero-order chi connectivity index (χ0) is 10.0. The van der Waals surface area contributed by atoms with Gasteiger partial charge in [0.2, 0.25) is 0 Å². The first-order valence-corrected chi connectivity index (χ1v) is 4.54. The summed E-state index contributed by atoms with van der Waals surface area (Å²) in [6.45, 7) is 8.04. The van der Waals surface area contributed by atoms with Crippen LogP contribution in [0.25, 0.3) is 0 Å². The summed E-state index contributed by atoms with van der Waals surface area (Å²) in [4.78, 5) is 0. The number of hydrogen-bond acceptors (Lipinski definition) is 2. The van der Waals surface area contributed by atoms with Crippen molar-refractivity contribution in [2.75, 3.05) is 5.73 Å². The van der Waals surface area contributed by atoms with Gasteiger partial charge in [0.15, 0.2) is 0 Å². The monoisotopic (exact) mass is 179 g/mol. The summed E-state index contributed by atoms with van der Waals surface area (Å²) in [6, 6.07) is 4.01. The van der Waals surface area contributed by atoms with Gasteiger partial charge in [-0.25, -0.2) is 0 Å². The zero-order valence-electron chi connectivity index (χ0n) is 8.72. The van der Waals surface area contributed by atoms with Gasteiger partial charge >= 0.3 is 0 Å². The van der Waals surface area contributed by atoms with Crippen molar-refractivity contribution in [1.82, 2.24) is 0 Å². The van der Waals surface area contributed by atoms with E-state index in [1.54, 1.807) is 0 Å². The molecule has 2 nitrogen and oxygen atoms in total. The van der Waals surface area contributed by atoms with E-state index in [0.29, 0.717) is 0 Å². The number of hydrogen-bond donors (Lipinski definition) is 1. The Morgan fingerprint density at radius 3 is 2.31 bits per heavy atom. The van der Waals surface area contributed by atoms with E-state index in [-0.39, 0.29) is 6.10 Å². The molecule has 0 amide bonds. The van der Waals surface area contributed by atoms with Gasteiger partial charge in [-0.05, 0) is 44.9 Å². The molecule has 0 unspecified atom stereocenters. The smallest absolute Gasteiger partial charge is 0.145 e. The van der Waals surface area contributed by atoms with Crippen molar-refractivity contribution in [3.8, 4) is 5.75 Å². The molecule has 0 saturated heterocycles. The van der Waals surface area contributed by atoms with Gasteiger partial charge in [0.1, 0.15) is 5.75 Å². The fraction of sp³-hybridized carbons (Fsp3) is 0.455. The molecule has 0 bridgehead atoms. The molecule has 2 heteroatoms. The second-order valence-electron chi connectivity index (χ2n) is 3.67. The number of anilines is 1. The number of ether oxygens (including phenoxy) is 1. The van der Waals surface area contributed by atoms with Crippen LogP contribution in [-0.4, -0.2) is 6.10 Å². The van der Waals surface area contributed by atoms with Gasteiger partial charge in [-0.1, -0.05) is 6.07 Å². The lowest BCUT2D eigenvalue weighted by molar-refractivity contribution is 0.242. The highest BCUT2D eigenvalue weighted by atomic mass is 16.5. The fourth-order valence-corrected chi connectivity index (χ4v) is 1.38. The van der Waals surface area contributed by atoms with Crippen molar-refractivity contribution in [2.24, 2.45) is 0 Å². The predicted molar refractivity (Wildman–Crippen MR) is 56.1 cm³/mol. The number of aryl methyl sites for hydroxylation is 2. The summed E-state index contributed by atoms with van der Waals surface area (Å²) < 4.78 is 5.61. The quantitative estimate of drug-likeness (QED) is 0.708. The number of benzene rings is 1. The van der Waals surface area contributed by atoms with Gasteiger partial charge in [0.25, 0.3) is 0 Å². The lowest BCUT2D eigenvalue weighted by Crippen LogP contribution is -2.08. The zero-order valence-corrected chi connectivity index (χ0v) is 8.72. The standard InChI is InChI=1S/C11H17NO/c1-7(2)13-11-9(4)5-8(3)6-10(11)12/h5-7H,12H2,1-4H3. The molecule has 1 rings (SSSR count). The summed E-state index contributed by atoms with van der Waals surface area (Å²) in [5.41, 5.74) is 8.85. The Kier molecular flexibility index (Phi) is 2.81. The third-order valence-corrected chi connectivity index (χ3v) is 1.80. The van der Waals surface area contributed by atoms with Gasteiger partial charge in [-0.2, -0.15) is 0 Å². The van der Waals surface area contributed by atoms with Crippen molar-refractivity contribution in [3.63, 3.8) is 0 Å². The van der Waals surface area contributed by atoms with E-state index in [9.17, 15) is 0 Å². The van der Waals surface area contributed by atoms with Crippen molar-refractivity contribution >= 4 is 5.69 Å². The highest BCUT2D eigenvalue weighted by molar-refractivity contribution is 5.58. The molecule has 0 aliphatic carbocycles. The van der Waals surface area contributed by atoms with Crippen molar-refractivity contribution in [2.45, 2.75) is 33.8 Å². The maximum absolute atomic E-state index is 5.85. The first-order valence-electron chi connectivity index (χ1n) is 4.54. The maximum atomic E-state index is 5.85. The van der Waals surface area contributed by atoms with Crippen LogP contribution in [0, 0.1) is 13.8 Å². The van der Waals surface area contributed by atoms with Crippen LogP contribution in [0.5, 0.6) is 5.75 Å². The minimum atomic E-state index is 0.170. The fourth-order valence-electron chi connectivity index (χ4n) is 1.38. The highest BCUT2D eigenvalue weighted by Gasteiger charge is 2.06. The molecule has 0 aromatic heterocycles. The van der Waals surface area contributed by atoms with Crippen LogP contribution in [0.3, 0.4) is 0 Å². The average Bonchev–Trinajstić information content (AvgIpc) is 1.96. The van der Waals surface area contributed by atoms with Gasteiger partial charge in [-0.3, -0.25) is 0 Å². The molecule has 2 N–H and O–H groups in total. The van der Waals surface area contributed by atoms with Crippen LogP contribution in [0.1, 0.15) is 25.0 Å². The molecular formula is C11H17NO. The predicted octanol–water partition coefficient (Wildman–Crippen LogP) is 2.67. The molecular weight excluding hydrogens is 162 g/mol. The third kappa shape index (κ3) is 2.38. The second-order valence-corrected chi connectivity index (χ2v) is 3.67. The molecule has 0 fully saturated rings. The van der Waals surface area contributed by atoms with Crippen LogP contribution in [0.15, 0.2) is 12.1 Å². The molecule has 0 atom stereocenters. The Morgan fingerprint density at radius 2 is 1.85 bits per heavy atom. The summed E-state index contributed by atoms with van der Waals surface area (Å²) in [5, 5.41) is 0. The van der Waals surface area contributed by atoms with E-state index in [1.165, 1.54) is 5.56 Å². The summed E-state index contributed by atoms with van der Waals surface area (Å²) in [6.07, 6.45) is 0.170. The van der Waals surface area contributed by atoms with Gasteiger partial charge in [0.05, 0.1) is 11.8 Å².